The van der Waals surface area contributed by atoms with Gasteiger partial charge in [-0.3, -0.25) is 4.79 Å². The number of aliphatic hydroxyl groups excluding tert-OH is 1. The number of rotatable bonds is 4. The maximum Gasteiger partial charge on any atom is 0.253 e. The summed E-state index contributed by atoms with van der Waals surface area (Å²) in [6.07, 6.45) is 0. The average Bonchev–Trinajstić information content (AvgIpc) is 2.25. The molecule has 0 heterocycles. The van der Waals surface area contributed by atoms with Gasteiger partial charge in [-0.05, 0) is 18.1 Å². The molecule has 0 aromatic heterocycles. The minimum Gasteiger partial charge on any atom is -0.394 e. The molecule has 0 radical (unpaired) electrons. The van der Waals surface area contributed by atoms with E-state index in [0.29, 0.717) is 10.6 Å². The molecule has 0 fully saturated rings. The minimum atomic E-state index is -0.252. The molecular weight excluding hydrogens is 226 g/mol. The molecule has 0 aliphatic rings. The molecule has 2 N–H and O–H groups in total. The fraction of sp³-hybridized carbons (Fsp3) is 0.417. The highest BCUT2D eigenvalue weighted by Crippen LogP contribution is 2.15. The zero-order valence-corrected chi connectivity index (χ0v) is 10.2. The number of hydrogen-bond donors (Lipinski definition) is 2. The molecule has 1 aromatic carbocycles. The Morgan fingerprint density at radius 2 is 2.06 bits per heavy atom. The van der Waals surface area contributed by atoms with Gasteiger partial charge in [0.05, 0.1) is 23.2 Å². The van der Waals surface area contributed by atoms with E-state index in [-0.39, 0.29) is 24.5 Å². The summed E-state index contributed by atoms with van der Waals surface area (Å²) in [5.74, 6) is -0.0743. The molecular formula is C12H16ClNO2. The topological polar surface area (TPSA) is 49.3 Å². The van der Waals surface area contributed by atoms with Gasteiger partial charge in [-0.15, -0.1) is 0 Å². The number of carbonyl (C=O) groups is 1. The predicted octanol–water partition coefficient (Wildman–Crippen LogP) is 2.09. The summed E-state index contributed by atoms with van der Waals surface area (Å²) in [4.78, 5) is 11.8. The highest BCUT2D eigenvalue weighted by molar-refractivity contribution is 6.33. The van der Waals surface area contributed by atoms with Crippen molar-refractivity contribution >= 4 is 17.5 Å². The van der Waals surface area contributed by atoms with E-state index < -0.39 is 0 Å². The van der Waals surface area contributed by atoms with Crippen molar-refractivity contribution in [3.8, 4) is 0 Å². The molecule has 4 heteroatoms. The van der Waals surface area contributed by atoms with Crippen molar-refractivity contribution in [2.45, 2.75) is 19.9 Å². The molecule has 0 saturated carbocycles. The lowest BCUT2D eigenvalue weighted by molar-refractivity contribution is 0.0897. The van der Waals surface area contributed by atoms with E-state index in [1.165, 1.54) is 0 Å². The minimum absolute atomic E-state index is 0.0755. The fourth-order valence-corrected chi connectivity index (χ4v) is 1.54. The van der Waals surface area contributed by atoms with Crippen LogP contribution in [0.4, 0.5) is 0 Å². The summed E-state index contributed by atoms with van der Waals surface area (Å²) in [5, 5.41) is 12.3. The van der Waals surface area contributed by atoms with Crippen LogP contribution in [0.2, 0.25) is 5.02 Å². The molecule has 1 atom stereocenters. The Labute approximate surface area is 100 Å². The first-order chi connectivity index (χ1) is 7.56. The first-order valence-electron chi connectivity index (χ1n) is 5.22. The Morgan fingerprint density at radius 3 is 2.56 bits per heavy atom. The number of amides is 1. The van der Waals surface area contributed by atoms with Crippen LogP contribution in [0.3, 0.4) is 0 Å². The lowest BCUT2D eigenvalue weighted by Gasteiger charge is -2.20. The second kappa shape index (κ2) is 5.87. The third kappa shape index (κ3) is 3.22. The van der Waals surface area contributed by atoms with Crippen LogP contribution in [-0.4, -0.2) is 23.7 Å². The Morgan fingerprint density at radius 1 is 1.44 bits per heavy atom. The largest absolute Gasteiger partial charge is 0.394 e. The van der Waals surface area contributed by atoms with Crippen LogP contribution in [0.1, 0.15) is 24.2 Å². The summed E-state index contributed by atoms with van der Waals surface area (Å²) in [6, 6.07) is 6.60. The number of nitrogens with one attached hydrogen (secondary N) is 1. The molecule has 0 bridgehead atoms. The summed E-state index contributed by atoms with van der Waals surface area (Å²) in [6.45, 7) is 3.80. The van der Waals surface area contributed by atoms with Crippen LogP contribution in [0.15, 0.2) is 24.3 Å². The third-order valence-corrected chi connectivity index (χ3v) is 2.77. The highest BCUT2D eigenvalue weighted by atomic mass is 35.5. The van der Waals surface area contributed by atoms with E-state index in [9.17, 15) is 4.79 Å². The molecule has 0 aliphatic carbocycles. The van der Waals surface area contributed by atoms with Crippen molar-refractivity contribution in [1.82, 2.24) is 5.32 Å². The number of hydrogen-bond acceptors (Lipinski definition) is 2. The maximum absolute atomic E-state index is 11.8. The van der Waals surface area contributed by atoms with Crippen LogP contribution in [0.5, 0.6) is 0 Å². The van der Waals surface area contributed by atoms with Gasteiger partial charge in [-0.1, -0.05) is 37.6 Å². The average molecular weight is 242 g/mol. The molecule has 88 valence electrons. The Kier molecular flexibility index (Phi) is 4.77. The molecule has 16 heavy (non-hydrogen) atoms. The van der Waals surface area contributed by atoms with Gasteiger partial charge in [0, 0.05) is 0 Å². The first kappa shape index (κ1) is 13.0. The van der Waals surface area contributed by atoms with E-state index in [1.54, 1.807) is 24.3 Å². The summed E-state index contributed by atoms with van der Waals surface area (Å²) in [5.41, 5.74) is 0.434. The highest BCUT2D eigenvalue weighted by Gasteiger charge is 2.17. The maximum atomic E-state index is 11.8. The molecule has 0 saturated heterocycles. The third-order valence-electron chi connectivity index (χ3n) is 2.44. The zero-order valence-electron chi connectivity index (χ0n) is 9.40. The monoisotopic (exact) mass is 241 g/mol. The van der Waals surface area contributed by atoms with Crippen LogP contribution in [0.25, 0.3) is 0 Å². The molecule has 0 spiro atoms. The summed E-state index contributed by atoms with van der Waals surface area (Å²) in [7, 11) is 0. The van der Waals surface area contributed by atoms with E-state index in [2.05, 4.69) is 5.32 Å². The molecule has 3 nitrogen and oxygen atoms in total. The van der Waals surface area contributed by atoms with E-state index >= 15 is 0 Å². The standard InChI is InChI=1S/C12H16ClNO2/c1-8(2)11(7-15)14-12(16)9-5-3-4-6-10(9)13/h3-6,8,11,15H,7H2,1-2H3,(H,14,16)/t11-/m0/s1. The Balaban J connectivity index is 2.76. The molecule has 1 rings (SSSR count). The van der Waals surface area contributed by atoms with Gasteiger partial charge in [0.2, 0.25) is 0 Å². The quantitative estimate of drug-likeness (QED) is 0.848. The molecule has 1 amide bonds. The SMILES string of the molecule is CC(C)[C@H](CO)NC(=O)c1ccccc1Cl. The van der Waals surface area contributed by atoms with E-state index in [1.807, 2.05) is 13.8 Å². The van der Waals surface area contributed by atoms with Gasteiger partial charge in [-0.2, -0.15) is 0 Å². The summed E-state index contributed by atoms with van der Waals surface area (Å²) >= 11 is 5.90. The van der Waals surface area contributed by atoms with Gasteiger partial charge in [0.1, 0.15) is 0 Å². The van der Waals surface area contributed by atoms with E-state index in [0.717, 1.165) is 0 Å². The fourth-order valence-electron chi connectivity index (χ4n) is 1.31. The number of benzene rings is 1. The van der Waals surface area contributed by atoms with Crippen LogP contribution in [0, 0.1) is 5.92 Å². The van der Waals surface area contributed by atoms with Crippen molar-refractivity contribution in [1.29, 1.82) is 0 Å². The van der Waals surface area contributed by atoms with Crippen molar-refractivity contribution in [2.75, 3.05) is 6.61 Å². The first-order valence-corrected chi connectivity index (χ1v) is 5.60. The lowest BCUT2D eigenvalue weighted by Crippen LogP contribution is -2.41. The smallest absolute Gasteiger partial charge is 0.253 e. The van der Waals surface area contributed by atoms with Gasteiger partial charge in [-0.25, -0.2) is 0 Å². The van der Waals surface area contributed by atoms with Crippen molar-refractivity contribution < 1.29 is 9.90 Å². The van der Waals surface area contributed by atoms with Gasteiger partial charge < -0.3 is 10.4 Å². The van der Waals surface area contributed by atoms with Crippen molar-refractivity contribution in [3.63, 3.8) is 0 Å². The summed E-state index contributed by atoms with van der Waals surface area (Å²) < 4.78 is 0. The Bertz CT molecular complexity index is 366. The zero-order chi connectivity index (χ0) is 12.1. The molecule has 1 aromatic rings. The second-order valence-corrected chi connectivity index (χ2v) is 4.39. The normalized spacial score (nSPS) is 12.6. The molecule has 0 aliphatic heterocycles. The number of carbonyl (C=O) groups excluding carboxylic acids is 1. The van der Waals surface area contributed by atoms with Gasteiger partial charge in [0.25, 0.3) is 5.91 Å². The predicted molar refractivity (Wildman–Crippen MR) is 64.6 cm³/mol. The van der Waals surface area contributed by atoms with Gasteiger partial charge in [0.15, 0.2) is 0 Å². The Hall–Kier alpha value is -1.06. The van der Waals surface area contributed by atoms with E-state index in [4.69, 9.17) is 16.7 Å². The van der Waals surface area contributed by atoms with Crippen molar-refractivity contribution in [3.05, 3.63) is 34.9 Å². The van der Waals surface area contributed by atoms with Crippen LogP contribution in [-0.2, 0) is 0 Å². The lowest BCUT2D eigenvalue weighted by atomic mass is 10.0. The number of halogens is 1. The number of aliphatic hydroxyl groups is 1. The second-order valence-electron chi connectivity index (χ2n) is 3.99. The van der Waals surface area contributed by atoms with Crippen molar-refractivity contribution in [2.24, 2.45) is 5.92 Å². The van der Waals surface area contributed by atoms with Crippen LogP contribution >= 0.6 is 11.6 Å². The van der Waals surface area contributed by atoms with Gasteiger partial charge >= 0.3 is 0 Å². The van der Waals surface area contributed by atoms with Crippen LogP contribution < -0.4 is 5.32 Å². The molecule has 0 unspecified atom stereocenters.